The van der Waals surface area contributed by atoms with Crippen molar-refractivity contribution in [1.82, 2.24) is 9.99 Å². The van der Waals surface area contributed by atoms with Crippen LogP contribution in [0.2, 0.25) is 0 Å². The molecule has 7 nitrogen and oxygen atoms in total. The lowest BCUT2D eigenvalue weighted by atomic mass is 9.95. The zero-order valence-corrected chi connectivity index (χ0v) is 25.6. The average Bonchev–Trinajstić information content (AvgIpc) is 3.28. The van der Waals surface area contributed by atoms with Crippen molar-refractivity contribution in [2.45, 2.75) is 25.8 Å². The molecule has 6 aromatic rings. The highest BCUT2D eigenvalue weighted by atomic mass is 16.5. The molecule has 0 aliphatic carbocycles. The fourth-order valence-corrected chi connectivity index (χ4v) is 5.82. The van der Waals surface area contributed by atoms with E-state index in [2.05, 4.69) is 22.9 Å². The third-order valence-electron chi connectivity index (χ3n) is 8.26. The molecule has 1 amide bonds. The molecule has 0 spiro atoms. The van der Waals surface area contributed by atoms with Gasteiger partial charge in [0.15, 0.2) is 11.4 Å². The van der Waals surface area contributed by atoms with Crippen molar-refractivity contribution < 1.29 is 14.3 Å². The number of ether oxygens (including phenoxy) is 2. The van der Waals surface area contributed by atoms with Gasteiger partial charge >= 0.3 is 0 Å². The predicted molar refractivity (Wildman–Crippen MR) is 183 cm³/mol. The van der Waals surface area contributed by atoms with Crippen molar-refractivity contribution in [3.63, 3.8) is 0 Å². The third-order valence-corrected chi connectivity index (χ3v) is 8.26. The van der Waals surface area contributed by atoms with Crippen LogP contribution < -0.4 is 25.6 Å². The molecule has 7 heteroatoms. The van der Waals surface area contributed by atoms with Gasteiger partial charge in [0.05, 0.1) is 6.04 Å². The van der Waals surface area contributed by atoms with E-state index >= 15 is 0 Å². The number of amides is 1. The molecule has 232 valence electrons. The van der Waals surface area contributed by atoms with Crippen molar-refractivity contribution in [2.24, 2.45) is 0 Å². The summed E-state index contributed by atoms with van der Waals surface area (Å²) < 4.78 is 13.9. The maximum atomic E-state index is 14.1. The molecule has 0 saturated carbocycles. The van der Waals surface area contributed by atoms with Crippen LogP contribution in [0.3, 0.4) is 0 Å². The van der Waals surface area contributed by atoms with Gasteiger partial charge in [-0.3, -0.25) is 14.3 Å². The first-order valence-corrected chi connectivity index (χ1v) is 15.5. The smallest absolute Gasteiger partial charge is 0.274 e. The summed E-state index contributed by atoms with van der Waals surface area (Å²) in [5, 5.41) is 3.03. The Morgan fingerprint density at radius 3 is 2.17 bits per heavy atom. The van der Waals surface area contributed by atoms with Crippen LogP contribution in [0.4, 0.5) is 0 Å². The zero-order valence-electron chi connectivity index (χ0n) is 25.6. The highest BCUT2D eigenvalue weighted by molar-refractivity contribution is 5.95. The monoisotopic (exact) mass is 619 g/mol. The number of hydrogen-bond donors (Lipinski definition) is 2. The van der Waals surface area contributed by atoms with Gasteiger partial charge in [-0.25, -0.2) is 0 Å². The average molecular weight is 620 g/mol. The first-order chi connectivity index (χ1) is 23.1. The number of nitrogens with one attached hydrogen (secondary N) is 2. The van der Waals surface area contributed by atoms with Gasteiger partial charge < -0.3 is 20.2 Å². The quantitative estimate of drug-likeness (QED) is 0.178. The van der Waals surface area contributed by atoms with Gasteiger partial charge in [-0.05, 0) is 39.4 Å². The number of hydrogen-bond acceptors (Lipinski definition) is 5. The van der Waals surface area contributed by atoms with Crippen LogP contribution >= 0.6 is 0 Å². The lowest BCUT2D eigenvalue weighted by molar-refractivity contribution is 0.0936. The number of benzene rings is 5. The lowest BCUT2D eigenvalue weighted by Crippen LogP contribution is -2.34. The number of rotatable bonds is 9. The first kappa shape index (κ1) is 29.6. The van der Waals surface area contributed by atoms with Crippen LogP contribution in [0, 0.1) is 0 Å². The number of nitrogens with zero attached hydrogens (tertiary/aromatic N) is 1. The fourth-order valence-electron chi connectivity index (χ4n) is 5.82. The molecule has 1 unspecified atom stereocenters. The summed E-state index contributed by atoms with van der Waals surface area (Å²) in [4.78, 5) is 27.4. The molecule has 1 atom stereocenters. The number of aromatic nitrogens is 1. The summed E-state index contributed by atoms with van der Waals surface area (Å²) in [6, 6.07) is 44.7. The molecule has 0 radical (unpaired) electrons. The van der Waals surface area contributed by atoms with E-state index in [9.17, 15) is 9.59 Å². The SMILES string of the molecule is O=C(NCc1ccc(-c2ccccc2)cc1)c1c(OCc2ccccc2)c(=O)ccn1NC1c2ccccc2COc2ccccc21. The number of carbonyl (C=O) groups is 1. The Morgan fingerprint density at radius 1 is 0.723 bits per heavy atom. The Balaban J connectivity index is 1.23. The predicted octanol–water partition coefficient (Wildman–Crippen LogP) is 7.25. The highest BCUT2D eigenvalue weighted by Crippen LogP contribution is 2.36. The molecule has 0 bridgehead atoms. The molecule has 0 fully saturated rings. The Labute approximate surface area is 273 Å². The molecule has 0 saturated heterocycles. The minimum atomic E-state index is -0.447. The van der Waals surface area contributed by atoms with Crippen LogP contribution in [-0.2, 0) is 19.8 Å². The number of carbonyl (C=O) groups excluding carboxylic acids is 1. The van der Waals surface area contributed by atoms with Crippen molar-refractivity contribution in [1.29, 1.82) is 0 Å². The summed E-state index contributed by atoms with van der Waals surface area (Å²) in [5.74, 6) is 0.261. The largest absolute Gasteiger partial charge is 0.489 e. The van der Waals surface area contributed by atoms with E-state index in [-0.39, 0.29) is 36.1 Å². The number of pyridine rings is 1. The van der Waals surface area contributed by atoms with Crippen LogP contribution in [0.25, 0.3) is 11.1 Å². The van der Waals surface area contributed by atoms with Crippen LogP contribution in [0.5, 0.6) is 11.5 Å². The van der Waals surface area contributed by atoms with Crippen molar-refractivity contribution in [3.8, 4) is 22.6 Å². The van der Waals surface area contributed by atoms with E-state index < -0.39 is 5.91 Å². The molecule has 1 aliphatic rings. The molecule has 5 aromatic carbocycles. The van der Waals surface area contributed by atoms with Gasteiger partial charge in [0.25, 0.3) is 5.91 Å². The van der Waals surface area contributed by atoms with Crippen molar-refractivity contribution in [2.75, 3.05) is 5.43 Å². The summed E-state index contributed by atoms with van der Waals surface area (Å²) in [7, 11) is 0. The molecule has 2 N–H and O–H groups in total. The van der Waals surface area contributed by atoms with Gasteiger partial charge in [0.1, 0.15) is 19.0 Å². The molecule has 2 heterocycles. The normalized spacial score (nSPS) is 13.3. The molecule has 47 heavy (non-hydrogen) atoms. The van der Waals surface area contributed by atoms with E-state index in [0.717, 1.165) is 44.7 Å². The maximum absolute atomic E-state index is 14.1. The lowest BCUT2D eigenvalue weighted by Gasteiger charge is -2.26. The third kappa shape index (κ3) is 6.51. The van der Waals surface area contributed by atoms with E-state index in [0.29, 0.717) is 6.61 Å². The molecule has 1 aliphatic heterocycles. The van der Waals surface area contributed by atoms with Gasteiger partial charge in [-0.2, -0.15) is 0 Å². The second-order valence-electron chi connectivity index (χ2n) is 11.3. The second kappa shape index (κ2) is 13.5. The summed E-state index contributed by atoms with van der Waals surface area (Å²) in [5.41, 5.74) is 10.2. The van der Waals surface area contributed by atoms with Gasteiger partial charge in [0, 0.05) is 24.4 Å². The van der Waals surface area contributed by atoms with Crippen LogP contribution in [0.1, 0.15) is 44.3 Å². The van der Waals surface area contributed by atoms with E-state index in [1.165, 1.54) is 6.07 Å². The second-order valence-corrected chi connectivity index (χ2v) is 11.3. The molecule has 1 aromatic heterocycles. The summed E-state index contributed by atoms with van der Waals surface area (Å²) in [6.07, 6.45) is 1.58. The topological polar surface area (TPSA) is 81.6 Å². The maximum Gasteiger partial charge on any atom is 0.274 e. The molecular formula is C40H33N3O4. The van der Waals surface area contributed by atoms with Gasteiger partial charge in [0.2, 0.25) is 5.43 Å². The minimum absolute atomic E-state index is 0.0350. The number of para-hydroxylation sites is 1. The first-order valence-electron chi connectivity index (χ1n) is 15.5. The molecular weight excluding hydrogens is 586 g/mol. The van der Waals surface area contributed by atoms with E-state index in [1.54, 1.807) is 10.9 Å². The summed E-state index contributed by atoms with van der Waals surface area (Å²) in [6.45, 7) is 0.805. The highest BCUT2D eigenvalue weighted by Gasteiger charge is 2.27. The Kier molecular flexibility index (Phi) is 8.51. The van der Waals surface area contributed by atoms with Gasteiger partial charge in [-0.1, -0.05) is 127 Å². The van der Waals surface area contributed by atoms with E-state index in [1.807, 2.05) is 121 Å². The van der Waals surface area contributed by atoms with Crippen molar-refractivity contribution in [3.05, 3.63) is 189 Å². The minimum Gasteiger partial charge on any atom is -0.489 e. The fraction of sp³-hybridized carbons (Fsp3) is 0.100. The standard InChI is InChI=1S/C40H33N3O4/c44-35-23-24-43(42-37-33-16-8-7-15-32(33)27-46-36-18-10-9-17-34(36)37)38(39(35)47-26-29-11-3-1-4-12-29)40(45)41-25-28-19-21-31(22-20-28)30-13-5-2-6-14-30/h1-24,37,42H,25-27H2,(H,41,45). The Morgan fingerprint density at radius 2 is 1.38 bits per heavy atom. The Hall–Kier alpha value is -6.08. The van der Waals surface area contributed by atoms with Gasteiger partial charge in [-0.15, -0.1) is 0 Å². The Bertz CT molecular complexity index is 2010. The van der Waals surface area contributed by atoms with Crippen molar-refractivity contribution >= 4 is 5.91 Å². The summed E-state index contributed by atoms with van der Waals surface area (Å²) >= 11 is 0. The molecule has 7 rings (SSSR count). The zero-order chi connectivity index (χ0) is 32.0. The number of fused-ring (bicyclic) bond motifs is 2. The van der Waals surface area contributed by atoms with E-state index in [4.69, 9.17) is 9.47 Å². The van der Waals surface area contributed by atoms with Crippen LogP contribution in [0.15, 0.2) is 151 Å². The van der Waals surface area contributed by atoms with Crippen LogP contribution in [-0.4, -0.2) is 10.6 Å².